The van der Waals surface area contributed by atoms with Gasteiger partial charge in [0, 0.05) is 18.9 Å². The van der Waals surface area contributed by atoms with Crippen molar-refractivity contribution in [3.8, 4) is 0 Å². The minimum atomic E-state index is -4.63. The molecule has 2 N–H and O–H groups in total. The van der Waals surface area contributed by atoms with E-state index in [1.54, 1.807) is 11.6 Å². The Hall–Kier alpha value is -2.32. The van der Waals surface area contributed by atoms with Crippen LogP contribution in [-0.4, -0.2) is 25.7 Å². The average Bonchev–Trinajstić information content (AvgIpc) is 2.91. The number of aromatic amines is 1. The predicted molar refractivity (Wildman–Crippen MR) is 62.7 cm³/mol. The van der Waals surface area contributed by atoms with Gasteiger partial charge in [-0.15, -0.1) is 0 Å². The summed E-state index contributed by atoms with van der Waals surface area (Å²) < 4.78 is 40.1. The van der Waals surface area contributed by atoms with E-state index in [0.717, 1.165) is 0 Å². The van der Waals surface area contributed by atoms with Crippen molar-refractivity contribution in [3.63, 3.8) is 0 Å². The Bertz CT molecular complexity index is 628. The number of hydrogen-bond acceptors (Lipinski definition) is 3. The number of imidazole rings is 1. The van der Waals surface area contributed by atoms with Crippen LogP contribution in [0.25, 0.3) is 0 Å². The smallest absolute Gasteiger partial charge is 0.345 e. The maximum Gasteiger partial charge on any atom is 0.420 e. The van der Waals surface area contributed by atoms with Crippen molar-refractivity contribution in [1.29, 1.82) is 0 Å². The van der Waals surface area contributed by atoms with Gasteiger partial charge in [0.05, 0.1) is 18.6 Å². The van der Waals surface area contributed by atoms with Crippen LogP contribution in [0.5, 0.6) is 0 Å². The lowest BCUT2D eigenvalue weighted by atomic mass is 10.1. The van der Waals surface area contributed by atoms with Gasteiger partial charge in [-0.2, -0.15) is 18.3 Å². The molecule has 0 aliphatic rings. The summed E-state index contributed by atoms with van der Waals surface area (Å²) in [6.07, 6.45) is -1.58. The highest BCUT2D eigenvalue weighted by Gasteiger charge is 2.39. The van der Waals surface area contributed by atoms with Gasteiger partial charge in [-0.05, 0) is 6.92 Å². The molecule has 0 unspecified atom stereocenters. The van der Waals surface area contributed by atoms with Crippen molar-refractivity contribution in [2.45, 2.75) is 19.6 Å². The fraction of sp³-hybridized carbons (Fsp3) is 0.364. The Kier molecular flexibility index (Phi) is 3.51. The van der Waals surface area contributed by atoms with Crippen LogP contribution >= 0.6 is 0 Å². The van der Waals surface area contributed by atoms with Crippen molar-refractivity contribution in [2.75, 3.05) is 0 Å². The Morgan fingerprint density at radius 2 is 2.20 bits per heavy atom. The zero-order valence-electron chi connectivity index (χ0n) is 10.7. The molecule has 0 aromatic carbocycles. The summed E-state index contributed by atoms with van der Waals surface area (Å²) >= 11 is 0. The van der Waals surface area contributed by atoms with Crippen molar-refractivity contribution in [2.24, 2.45) is 7.05 Å². The number of amides is 1. The monoisotopic (exact) mass is 287 g/mol. The first-order chi connectivity index (χ1) is 9.30. The van der Waals surface area contributed by atoms with Gasteiger partial charge < -0.3 is 9.88 Å². The summed E-state index contributed by atoms with van der Waals surface area (Å²) in [5, 5.41) is 7.99. The number of nitrogens with zero attached hydrogens (tertiary/aromatic N) is 3. The number of halogens is 3. The number of alkyl halides is 3. The minimum Gasteiger partial charge on any atom is -0.345 e. The Morgan fingerprint density at radius 3 is 2.75 bits per heavy atom. The maximum absolute atomic E-state index is 12.8. The van der Waals surface area contributed by atoms with E-state index in [1.807, 2.05) is 0 Å². The van der Waals surface area contributed by atoms with Gasteiger partial charge in [0.15, 0.2) is 5.69 Å². The number of hydrogen-bond donors (Lipinski definition) is 2. The molecule has 9 heteroatoms. The molecule has 2 rings (SSSR count). The molecular formula is C11H12F3N5O. The SMILES string of the molecule is Cc1[nH]nc(C(=O)NCc2cncn2C)c1C(F)(F)F. The molecule has 0 saturated carbocycles. The van der Waals surface area contributed by atoms with Crippen molar-refractivity contribution in [1.82, 2.24) is 25.1 Å². The van der Waals surface area contributed by atoms with Gasteiger partial charge in [0.1, 0.15) is 5.56 Å². The lowest BCUT2D eigenvalue weighted by Gasteiger charge is -2.08. The van der Waals surface area contributed by atoms with Gasteiger partial charge in [0.2, 0.25) is 0 Å². The minimum absolute atomic E-state index is 0.0680. The molecule has 0 aliphatic carbocycles. The zero-order valence-corrected chi connectivity index (χ0v) is 10.7. The van der Waals surface area contributed by atoms with Gasteiger partial charge >= 0.3 is 6.18 Å². The molecule has 108 valence electrons. The van der Waals surface area contributed by atoms with E-state index in [4.69, 9.17) is 0 Å². The number of aryl methyl sites for hydroxylation is 2. The number of aromatic nitrogens is 4. The molecule has 0 spiro atoms. The number of H-pyrrole nitrogens is 1. The second-order valence-electron chi connectivity index (χ2n) is 4.25. The van der Waals surface area contributed by atoms with E-state index in [-0.39, 0.29) is 12.2 Å². The first-order valence-corrected chi connectivity index (χ1v) is 5.66. The third-order valence-electron chi connectivity index (χ3n) is 2.79. The van der Waals surface area contributed by atoms with Gasteiger partial charge in [0.25, 0.3) is 5.91 Å². The van der Waals surface area contributed by atoms with E-state index in [0.29, 0.717) is 5.69 Å². The normalized spacial score (nSPS) is 11.7. The van der Waals surface area contributed by atoms with Crippen LogP contribution in [0.1, 0.15) is 27.4 Å². The van der Waals surface area contributed by atoms with Crippen LogP contribution in [0, 0.1) is 6.92 Å². The highest BCUT2D eigenvalue weighted by Crippen LogP contribution is 2.33. The van der Waals surface area contributed by atoms with Crippen LogP contribution < -0.4 is 5.32 Å². The summed E-state index contributed by atoms with van der Waals surface area (Å²) in [4.78, 5) is 15.7. The molecule has 1 amide bonds. The van der Waals surface area contributed by atoms with Crippen molar-refractivity contribution < 1.29 is 18.0 Å². The van der Waals surface area contributed by atoms with E-state index >= 15 is 0 Å². The molecule has 0 atom stereocenters. The van der Waals surface area contributed by atoms with E-state index in [9.17, 15) is 18.0 Å². The quantitative estimate of drug-likeness (QED) is 0.896. The fourth-order valence-corrected chi connectivity index (χ4v) is 1.75. The fourth-order valence-electron chi connectivity index (χ4n) is 1.75. The third-order valence-corrected chi connectivity index (χ3v) is 2.79. The highest BCUT2D eigenvalue weighted by molar-refractivity contribution is 5.94. The van der Waals surface area contributed by atoms with Gasteiger partial charge in [-0.25, -0.2) is 4.98 Å². The Labute approximate surface area is 112 Å². The summed E-state index contributed by atoms with van der Waals surface area (Å²) in [6, 6.07) is 0. The highest BCUT2D eigenvalue weighted by atomic mass is 19.4. The molecule has 6 nitrogen and oxygen atoms in total. The van der Waals surface area contributed by atoms with Crippen LogP contribution in [-0.2, 0) is 19.8 Å². The number of nitrogens with one attached hydrogen (secondary N) is 2. The molecule has 20 heavy (non-hydrogen) atoms. The lowest BCUT2D eigenvalue weighted by molar-refractivity contribution is -0.138. The maximum atomic E-state index is 12.8. The molecular weight excluding hydrogens is 275 g/mol. The lowest BCUT2D eigenvalue weighted by Crippen LogP contribution is -2.26. The van der Waals surface area contributed by atoms with Crippen molar-refractivity contribution >= 4 is 5.91 Å². The average molecular weight is 287 g/mol. The molecule has 0 radical (unpaired) electrons. The van der Waals surface area contributed by atoms with Crippen LogP contribution in [0.4, 0.5) is 13.2 Å². The molecule has 0 bridgehead atoms. The number of rotatable bonds is 3. The van der Waals surface area contributed by atoms with Gasteiger partial charge in [-0.1, -0.05) is 0 Å². The predicted octanol–water partition coefficient (Wildman–Crippen LogP) is 1.40. The third kappa shape index (κ3) is 2.65. The molecule has 0 fully saturated rings. The van der Waals surface area contributed by atoms with E-state index < -0.39 is 23.3 Å². The summed E-state index contributed by atoms with van der Waals surface area (Å²) in [5.41, 5.74) is -1.22. The molecule has 2 heterocycles. The first kappa shape index (κ1) is 14.1. The largest absolute Gasteiger partial charge is 0.420 e. The van der Waals surface area contributed by atoms with Crippen LogP contribution in [0.2, 0.25) is 0 Å². The topological polar surface area (TPSA) is 75.6 Å². The first-order valence-electron chi connectivity index (χ1n) is 5.66. The number of carbonyl (C=O) groups excluding carboxylic acids is 1. The Balaban J connectivity index is 2.16. The van der Waals surface area contributed by atoms with Crippen LogP contribution in [0.3, 0.4) is 0 Å². The van der Waals surface area contributed by atoms with E-state index in [2.05, 4.69) is 20.5 Å². The van der Waals surface area contributed by atoms with Crippen molar-refractivity contribution in [3.05, 3.63) is 35.2 Å². The van der Waals surface area contributed by atoms with Crippen LogP contribution in [0.15, 0.2) is 12.5 Å². The second kappa shape index (κ2) is 4.99. The zero-order chi connectivity index (χ0) is 14.9. The summed E-state index contributed by atoms with van der Waals surface area (Å²) in [7, 11) is 1.72. The standard InChI is InChI=1S/C11H12F3N5O/c1-6-8(11(12,13)14)9(18-17-6)10(20)16-4-7-3-15-5-19(7)2/h3,5H,4H2,1-2H3,(H,16,20)(H,17,18). The second-order valence-corrected chi connectivity index (χ2v) is 4.25. The van der Waals surface area contributed by atoms with E-state index in [1.165, 1.54) is 19.4 Å². The summed E-state index contributed by atoms with van der Waals surface area (Å²) in [5.74, 6) is -0.886. The van der Waals surface area contributed by atoms with Gasteiger partial charge in [-0.3, -0.25) is 9.89 Å². The molecule has 0 saturated heterocycles. The number of carbonyl (C=O) groups is 1. The Morgan fingerprint density at radius 1 is 1.50 bits per heavy atom. The summed E-state index contributed by atoms with van der Waals surface area (Å²) in [6.45, 7) is 1.28. The molecule has 2 aromatic rings. The molecule has 2 aromatic heterocycles. The molecule has 0 aliphatic heterocycles.